The van der Waals surface area contributed by atoms with Gasteiger partial charge in [-0.1, -0.05) is 6.07 Å². The second-order valence-corrected chi connectivity index (χ2v) is 7.30. The molecule has 0 spiro atoms. The Balaban J connectivity index is 1.55. The second-order valence-electron chi connectivity index (χ2n) is 6.89. The number of aromatic nitrogens is 5. The summed E-state index contributed by atoms with van der Waals surface area (Å²) >= 11 is 5.22. The molecule has 0 atom stereocenters. The minimum absolute atomic E-state index is 0.514. The Morgan fingerprint density at radius 2 is 1.91 bits per heavy atom. The summed E-state index contributed by atoms with van der Waals surface area (Å²) in [5.41, 5.74) is 3.81. The van der Waals surface area contributed by atoms with Crippen LogP contribution < -0.4 is 20.1 Å². The number of fused-ring (bicyclic) bond motifs is 1. The molecule has 3 heterocycles. The van der Waals surface area contributed by atoms with Gasteiger partial charge in [0.1, 0.15) is 11.3 Å². The highest BCUT2D eigenvalue weighted by Crippen LogP contribution is 2.28. The van der Waals surface area contributed by atoms with Gasteiger partial charge in [-0.25, -0.2) is 9.97 Å². The number of nitrogens with one attached hydrogen (secondary N) is 2. The van der Waals surface area contributed by atoms with Crippen molar-refractivity contribution in [2.75, 3.05) is 26.1 Å². The molecule has 32 heavy (non-hydrogen) atoms. The number of nitrogens with zero attached hydrogens (tertiary/aromatic N) is 5. The standard InChI is InChI=1S/C22H23N7O2S/c1-4-23-22(32)28-20-8-6-16-21(27-20)26-17(11-24-16)15-10-25-29(13-15)12-14-5-7-18(30-2)19(9-14)31-3/h5-11,13H,4,12H2,1-3H3,(H2,23,26,27,28,32). The number of anilines is 1. The molecule has 2 N–H and O–H groups in total. The van der Waals surface area contributed by atoms with Crippen molar-refractivity contribution < 1.29 is 9.47 Å². The van der Waals surface area contributed by atoms with E-state index < -0.39 is 0 Å². The van der Waals surface area contributed by atoms with Crippen molar-refractivity contribution in [3.63, 3.8) is 0 Å². The monoisotopic (exact) mass is 449 g/mol. The summed E-state index contributed by atoms with van der Waals surface area (Å²) in [5, 5.41) is 11.1. The highest BCUT2D eigenvalue weighted by molar-refractivity contribution is 7.80. The molecule has 4 rings (SSSR count). The zero-order valence-electron chi connectivity index (χ0n) is 18.0. The molecular formula is C22H23N7O2S. The zero-order valence-corrected chi connectivity index (χ0v) is 18.8. The topological polar surface area (TPSA) is 99.0 Å². The lowest BCUT2D eigenvalue weighted by Crippen LogP contribution is -2.28. The van der Waals surface area contributed by atoms with Crippen molar-refractivity contribution in [2.24, 2.45) is 0 Å². The third-order valence-electron chi connectivity index (χ3n) is 4.71. The summed E-state index contributed by atoms with van der Waals surface area (Å²) in [5.74, 6) is 1.98. The van der Waals surface area contributed by atoms with Crippen LogP contribution >= 0.6 is 12.2 Å². The Bertz CT molecular complexity index is 1260. The smallest absolute Gasteiger partial charge is 0.180 e. The molecular weight excluding hydrogens is 426 g/mol. The number of ether oxygens (including phenoxy) is 2. The molecule has 0 aliphatic heterocycles. The van der Waals surface area contributed by atoms with E-state index in [0.717, 1.165) is 17.7 Å². The largest absolute Gasteiger partial charge is 0.493 e. The molecule has 164 valence electrons. The zero-order chi connectivity index (χ0) is 22.5. The van der Waals surface area contributed by atoms with Crippen LogP contribution in [0.15, 0.2) is 48.9 Å². The number of benzene rings is 1. The second kappa shape index (κ2) is 9.56. The van der Waals surface area contributed by atoms with Crippen LogP contribution in [0.5, 0.6) is 11.5 Å². The van der Waals surface area contributed by atoms with Crippen LogP contribution in [-0.2, 0) is 6.54 Å². The van der Waals surface area contributed by atoms with Crippen molar-refractivity contribution >= 4 is 34.3 Å². The van der Waals surface area contributed by atoms with E-state index in [1.807, 2.05) is 48.1 Å². The summed E-state index contributed by atoms with van der Waals surface area (Å²) in [6, 6.07) is 9.48. The fraction of sp³-hybridized carbons (Fsp3) is 0.227. The minimum atomic E-state index is 0.514. The lowest BCUT2D eigenvalue weighted by Gasteiger charge is -2.09. The van der Waals surface area contributed by atoms with Crippen LogP contribution in [0.2, 0.25) is 0 Å². The summed E-state index contributed by atoms with van der Waals surface area (Å²) in [6.45, 7) is 3.29. The minimum Gasteiger partial charge on any atom is -0.493 e. The predicted molar refractivity (Wildman–Crippen MR) is 127 cm³/mol. The van der Waals surface area contributed by atoms with Gasteiger partial charge in [-0.05, 0) is 49.0 Å². The van der Waals surface area contributed by atoms with Crippen LogP contribution in [0.1, 0.15) is 12.5 Å². The molecule has 0 bridgehead atoms. The normalized spacial score (nSPS) is 10.7. The number of hydrogen-bond acceptors (Lipinski definition) is 7. The first-order valence-corrected chi connectivity index (χ1v) is 10.4. The van der Waals surface area contributed by atoms with E-state index in [1.165, 1.54) is 0 Å². The lowest BCUT2D eigenvalue weighted by atomic mass is 10.2. The summed E-state index contributed by atoms with van der Waals surface area (Å²) in [4.78, 5) is 13.7. The van der Waals surface area contributed by atoms with Crippen LogP contribution in [-0.4, -0.2) is 50.6 Å². The van der Waals surface area contributed by atoms with Crippen molar-refractivity contribution in [2.45, 2.75) is 13.5 Å². The summed E-state index contributed by atoms with van der Waals surface area (Å²) < 4.78 is 12.5. The van der Waals surface area contributed by atoms with E-state index in [1.54, 1.807) is 26.6 Å². The van der Waals surface area contributed by atoms with Crippen LogP contribution in [0.3, 0.4) is 0 Å². The molecule has 0 amide bonds. The molecule has 0 radical (unpaired) electrons. The molecule has 9 nitrogen and oxygen atoms in total. The molecule has 3 aromatic heterocycles. The number of thiocarbonyl (C=S) groups is 1. The van der Waals surface area contributed by atoms with E-state index in [0.29, 0.717) is 45.8 Å². The third kappa shape index (κ3) is 4.75. The molecule has 0 saturated carbocycles. The van der Waals surface area contributed by atoms with E-state index in [2.05, 4.69) is 30.7 Å². The van der Waals surface area contributed by atoms with E-state index in [-0.39, 0.29) is 0 Å². The first-order valence-electron chi connectivity index (χ1n) is 10.0. The van der Waals surface area contributed by atoms with Gasteiger partial charge in [0.15, 0.2) is 22.3 Å². The number of rotatable bonds is 7. The van der Waals surface area contributed by atoms with E-state index in [9.17, 15) is 0 Å². The molecule has 4 aromatic rings. The van der Waals surface area contributed by atoms with Gasteiger partial charge < -0.3 is 20.1 Å². The summed E-state index contributed by atoms with van der Waals surface area (Å²) in [6.07, 6.45) is 5.41. The van der Waals surface area contributed by atoms with E-state index in [4.69, 9.17) is 21.7 Å². The summed E-state index contributed by atoms with van der Waals surface area (Å²) in [7, 11) is 3.24. The molecule has 0 fully saturated rings. The average Bonchev–Trinajstić information content (AvgIpc) is 3.27. The van der Waals surface area contributed by atoms with E-state index >= 15 is 0 Å². The van der Waals surface area contributed by atoms with Crippen molar-refractivity contribution in [1.29, 1.82) is 0 Å². The SMILES string of the molecule is CCNC(=S)Nc1ccc2ncc(-c3cnn(Cc4ccc(OC)c(OC)c4)c3)nc2n1. The Morgan fingerprint density at radius 3 is 2.69 bits per heavy atom. The average molecular weight is 450 g/mol. The van der Waals surface area contributed by atoms with Gasteiger partial charge in [0, 0.05) is 18.3 Å². The fourth-order valence-electron chi connectivity index (χ4n) is 3.18. The first-order chi connectivity index (χ1) is 15.6. The van der Waals surface area contributed by atoms with Crippen LogP contribution in [0, 0.1) is 0 Å². The Labute approximate surface area is 190 Å². The van der Waals surface area contributed by atoms with Crippen molar-refractivity contribution in [1.82, 2.24) is 30.0 Å². The number of hydrogen-bond donors (Lipinski definition) is 2. The maximum Gasteiger partial charge on any atom is 0.180 e. The quantitative estimate of drug-likeness (QED) is 0.412. The maximum absolute atomic E-state index is 5.38. The molecule has 0 unspecified atom stereocenters. The molecule has 1 aromatic carbocycles. The fourth-order valence-corrected chi connectivity index (χ4v) is 3.42. The van der Waals surface area contributed by atoms with Crippen LogP contribution in [0.4, 0.5) is 5.82 Å². The van der Waals surface area contributed by atoms with Crippen molar-refractivity contribution in [3.8, 4) is 22.8 Å². The van der Waals surface area contributed by atoms with Gasteiger partial charge >= 0.3 is 0 Å². The number of methoxy groups -OCH3 is 2. The van der Waals surface area contributed by atoms with Gasteiger partial charge in [-0.2, -0.15) is 5.10 Å². The Kier molecular flexibility index (Phi) is 6.41. The molecule has 0 aliphatic carbocycles. The Hall–Kier alpha value is -3.79. The number of pyridine rings is 1. The Morgan fingerprint density at radius 1 is 1.06 bits per heavy atom. The molecule has 0 saturated heterocycles. The third-order valence-corrected chi connectivity index (χ3v) is 4.95. The highest BCUT2D eigenvalue weighted by Gasteiger charge is 2.10. The first kappa shape index (κ1) is 21.4. The van der Waals surface area contributed by atoms with Gasteiger partial charge in [-0.3, -0.25) is 9.67 Å². The maximum atomic E-state index is 5.38. The van der Waals surface area contributed by atoms with Crippen LogP contribution in [0.25, 0.3) is 22.4 Å². The van der Waals surface area contributed by atoms with Crippen molar-refractivity contribution in [3.05, 3.63) is 54.5 Å². The molecule has 0 aliphatic rings. The predicted octanol–water partition coefficient (Wildman–Crippen LogP) is 3.26. The molecule has 10 heteroatoms. The van der Waals surface area contributed by atoms with Gasteiger partial charge in [0.2, 0.25) is 0 Å². The highest BCUT2D eigenvalue weighted by atomic mass is 32.1. The van der Waals surface area contributed by atoms with Gasteiger partial charge in [-0.15, -0.1) is 0 Å². The van der Waals surface area contributed by atoms with Gasteiger partial charge in [0.25, 0.3) is 0 Å². The lowest BCUT2D eigenvalue weighted by molar-refractivity contribution is 0.354. The van der Waals surface area contributed by atoms with Gasteiger partial charge in [0.05, 0.1) is 38.9 Å².